The van der Waals surface area contributed by atoms with Crippen LogP contribution in [0.2, 0.25) is 0 Å². The van der Waals surface area contributed by atoms with Crippen LogP contribution in [0.5, 0.6) is 0 Å². The van der Waals surface area contributed by atoms with Gasteiger partial charge in [0.2, 0.25) is 0 Å². The first-order valence-corrected chi connectivity index (χ1v) is 10.5. The molecule has 2 aromatic heterocycles. The van der Waals surface area contributed by atoms with E-state index in [1.807, 2.05) is 45.2 Å². The third kappa shape index (κ3) is 3.56. The second kappa shape index (κ2) is 6.78. The number of carbonyl (C=O) groups excluding carboxylic acids is 1. The van der Waals surface area contributed by atoms with Crippen molar-refractivity contribution in [3.05, 3.63) is 35.8 Å². The summed E-state index contributed by atoms with van der Waals surface area (Å²) in [6.07, 6.45) is 2.86. The van der Waals surface area contributed by atoms with Gasteiger partial charge in [0, 0.05) is 19.3 Å². The number of sulfone groups is 1. The lowest BCUT2D eigenvalue weighted by Gasteiger charge is -2.32. The summed E-state index contributed by atoms with van der Waals surface area (Å²) < 4.78 is 26.6. The van der Waals surface area contributed by atoms with Crippen LogP contribution in [0.25, 0.3) is 5.65 Å². The maximum atomic E-state index is 12.9. The van der Waals surface area contributed by atoms with Gasteiger partial charge in [-0.3, -0.25) is 9.20 Å². The van der Waals surface area contributed by atoms with Crippen molar-refractivity contribution in [2.24, 2.45) is 5.92 Å². The lowest BCUT2D eigenvalue weighted by molar-refractivity contribution is 0.0717. The van der Waals surface area contributed by atoms with Gasteiger partial charge in [-0.25, -0.2) is 13.4 Å². The highest BCUT2D eigenvalue weighted by Gasteiger charge is 2.33. The Balaban J connectivity index is 1.75. The van der Waals surface area contributed by atoms with Crippen molar-refractivity contribution in [3.8, 4) is 0 Å². The number of aryl methyl sites for hydroxylation is 1. The second-order valence-corrected chi connectivity index (χ2v) is 9.52. The number of hydrogen-bond acceptors (Lipinski definition) is 4. The van der Waals surface area contributed by atoms with Gasteiger partial charge >= 0.3 is 0 Å². The number of piperidine rings is 1. The zero-order valence-electron chi connectivity index (χ0n) is 15.0. The van der Waals surface area contributed by atoms with Crippen LogP contribution in [0.15, 0.2) is 24.4 Å². The Morgan fingerprint density at radius 3 is 2.60 bits per heavy atom. The van der Waals surface area contributed by atoms with E-state index in [0.717, 1.165) is 5.65 Å². The summed E-state index contributed by atoms with van der Waals surface area (Å²) in [7, 11) is -3.08. The van der Waals surface area contributed by atoms with Gasteiger partial charge in [0.15, 0.2) is 9.84 Å². The summed E-state index contributed by atoms with van der Waals surface area (Å²) in [5.41, 5.74) is 2.02. The van der Waals surface area contributed by atoms with Gasteiger partial charge in [-0.1, -0.05) is 19.9 Å². The molecule has 2 aromatic rings. The highest BCUT2D eigenvalue weighted by Crippen LogP contribution is 2.23. The lowest BCUT2D eigenvalue weighted by atomic mass is 10.1. The lowest BCUT2D eigenvalue weighted by Crippen LogP contribution is -2.43. The van der Waals surface area contributed by atoms with Crippen molar-refractivity contribution >= 4 is 21.4 Å². The van der Waals surface area contributed by atoms with Crippen LogP contribution >= 0.6 is 0 Å². The van der Waals surface area contributed by atoms with Gasteiger partial charge in [-0.05, 0) is 37.8 Å². The molecule has 0 atom stereocenters. The molecule has 0 aromatic carbocycles. The van der Waals surface area contributed by atoms with Crippen LogP contribution in [0.4, 0.5) is 0 Å². The molecule has 0 radical (unpaired) electrons. The van der Waals surface area contributed by atoms with E-state index in [-0.39, 0.29) is 22.8 Å². The van der Waals surface area contributed by atoms with Gasteiger partial charge in [0.05, 0.1) is 16.7 Å². The fourth-order valence-corrected chi connectivity index (χ4v) is 5.67. The molecule has 3 rings (SSSR count). The third-order valence-corrected chi connectivity index (χ3v) is 7.33. The molecule has 1 aliphatic heterocycles. The summed E-state index contributed by atoms with van der Waals surface area (Å²) in [6.45, 7) is 6.62. The molecule has 0 bridgehead atoms. The Morgan fingerprint density at radius 2 is 1.96 bits per heavy atom. The topological polar surface area (TPSA) is 71.8 Å². The highest BCUT2D eigenvalue weighted by molar-refractivity contribution is 7.92. The second-order valence-electron chi connectivity index (χ2n) is 7.19. The van der Waals surface area contributed by atoms with E-state index in [0.29, 0.717) is 37.3 Å². The predicted octanol–water partition coefficient (Wildman–Crippen LogP) is 2.32. The number of imidazole rings is 1. The van der Waals surface area contributed by atoms with Crippen LogP contribution in [0, 0.1) is 12.8 Å². The number of rotatable bonds is 4. The van der Waals surface area contributed by atoms with Crippen molar-refractivity contribution in [1.82, 2.24) is 14.3 Å². The fourth-order valence-electron chi connectivity index (χ4n) is 3.54. The van der Waals surface area contributed by atoms with E-state index in [2.05, 4.69) is 4.98 Å². The normalized spacial score (nSPS) is 16.7. The molecule has 3 heterocycles. The van der Waals surface area contributed by atoms with Crippen LogP contribution in [-0.4, -0.2) is 52.7 Å². The Kier molecular flexibility index (Phi) is 4.86. The smallest absolute Gasteiger partial charge is 0.272 e. The Labute approximate surface area is 148 Å². The summed E-state index contributed by atoms with van der Waals surface area (Å²) in [4.78, 5) is 19.1. The SMILES string of the molecule is Cc1nc2ccccn2c1C(=O)N1CCC(S(=O)(=O)CC(C)C)CC1. The van der Waals surface area contributed by atoms with Crippen molar-refractivity contribution in [3.63, 3.8) is 0 Å². The number of pyridine rings is 1. The average molecular weight is 363 g/mol. The van der Waals surface area contributed by atoms with E-state index < -0.39 is 9.84 Å². The summed E-state index contributed by atoms with van der Waals surface area (Å²) in [6, 6.07) is 5.63. The van der Waals surface area contributed by atoms with E-state index in [1.54, 1.807) is 9.30 Å². The first-order valence-electron chi connectivity index (χ1n) is 8.74. The quantitative estimate of drug-likeness (QED) is 0.836. The van der Waals surface area contributed by atoms with Gasteiger partial charge in [0.1, 0.15) is 11.3 Å². The molecular weight excluding hydrogens is 338 g/mol. The highest BCUT2D eigenvalue weighted by atomic mass is 32.2. The average Bonchev–Trinajstić information content (AvgIpc) is 2.89. The number of likely N-dealkylation sites (tertiary alicyclic amines) is 1. The summed E-state index contributed by atoms with van der Waals surface area (Å²) >= 11 is 0. The maximum absolute atomic E-state index is 12.9. The minimum atomic E-state index is -3.08. The first-order chi connectivity index (χ1) is 11.8. The van der Waals surface area contributed by atoms with Gasteiger partial charge in [-0.15, -0.1) is 0 Å². The van der Waals surface area contributed by atoms with Crippen molar-refractivity contribution < 1.29 is 13.2 Å². The number of nitrogens with zero attached hydrogens (tertiary/aromatic N) is 3. The number of hydrogen-bond donors (Lipinski definition) is 0. The van der Waals surface area contributed by atoms with Crippen molar-refractivity contribution in [2.45, 2.75) is 38.9 Å². The van der Waals surface area contributed by atoms with Crippen molar-refractivity contribution in [1.29, 1.82) is 0 Å². The van der Waals surface area contributed by atoms with E-state index in [4.69, 9.17) is 0 Å². The van der Waals surface area contributed by atoms with Gasteiger partial charge < -0.3 is 4.90 Å². The molecule has 0 aliphatic carbocycles. The molecule has 6 nitrogen and oxygen atoms in total. The molecule has 136 valence electrons. The fraction of sp³-hybridized carbons (Fsp3) is 0.556. The summed E-state index contributed by atoms with van der Waals surface area (Å²) in [5, 5.41) is -0.331. The van der Waals surface area contributed by atoms with Crippen molar-refractivity contribution in [2.75, 3.05) is 18.8 Å². The number of carbonyl (C=O) groups is 1. The molecule has 1 aliphatic rings. The molecule has 1 fully saturated rings. The monoisotopic (exact) mass is 363 g/mol. The largest absolute Gasteiger partial charge is 0.337 e. The maximum Gasteiger partial charge on any atom is 0.272 e. The van der Waals surface area contributed by atoms with Gasteiger partial charge in [0.25, 0.3) is 5.91 Å². The summed E-state index contributed by atoms with van der Waals surface area (Å²) in [5.74, 6) is 0.277. The number of amides is 1. The minimum absolute atomic E-state index is 0.0732. The molecule has 25 heavy (non-hydrogen) atoms. The molecular formula is C18H25N3O3S. The Morgan fingerprint density at radius 1 is 1.28 bits per heavy atom. The molecule has 7 heteroatoms. The van der Waals surface area contributed by atoms with Crippen LogP contribution in [-0.2, 0) is 9.84 Å². The standard InChI is InChI=1S/C18H25N3O3S/c1-13(2)12-25(23,24)15-7-10-20(11-8-15)18(22)17-14(3)19-16-6-4-5-9-21(16)17/h4-6,9,13,15H,7-8,10-12H2,1-3H3. The molecule has 1 saturated heterocycles. The van der Waals surface area contributed by atoms with E-state index in [9.17, 15) is 13.2 Å². The number of fused-ring (bicyclic) bond motifs is 1. The Bertz CT molecular complexity index is 878. The minimum Gasteiger partial charge on any atom is -0.337 e. The Hall–Kier alpha value is -1.89. The van der Waals surface area contributed by atoms with Gasteiger partial charge in [-0.2, -0.15) is 0 Å². The van der Waals surface area contributed by atoms with Crippen LogP contribution in [0.3, 0.4) is 0 Å². The van der Waals surface area contributed by atoms with Crippen LogP contribution in [0.1, 0.15) is 42.9 Å². The molecule has 0 spiro atoms. The van der Waals surface area contributed by atoms with E-state index >= 15 is 0 Å². The number of aromatic nitrogens is 2. The predicted molar refractivity (Wildman–Crippen MR) is 97.5 cm³/mol. The molecule has 1 amide bonds. The third-order valence-electron chi connectivity index (χ3n) is 4.71. The van der Waals surface area contributed by atoms with Crippen LogP contribution < -0.4 is 0 Å². The first kappa shape index (κ1) is 17.9. The molecule has 0 unspecified atom stereocenters. The molecule has 0 N–H and O–H groups in total. The zero-order valence-corrected chi connectivity index (χ0v) is 15.8. The van der Waals surface area contributed by atoms with E-state index in [1.165, 1.54) is 0 Å². The zero-order chi connectivity index (χ0) is 18.2. The molecule has 0 saturated carbocycles.